The van der Waals surface area contributed by atoms with E-state index in [1.54, 1.807) is 0 Å². The van der Waals surface area contributed by atoms with Gasteiger partial charge in [0.05, 0.1) is 16.6 Å². The zero-order valence-electron chi connectivity index (χ0n) is 18.2. The molecule has 4 aromatic rings. The Bertz CT molecular complexity index is 1260. The van der Waals surface area contributed by atoms with Gasteiger partial charge in [-0.05, 0) is 61.6 Å². The molecule has 1 aliphatic heterocycles. The number of aromatic amines is 1. The van der Waals surface area contributed by atoms with Gasteiger partial charge in [0.15, 0.2) is 0 Å². The molecule has 5 nitrogen and oxygen atoms in total. The summed E-state index contributed by atoms with van der Waals surface area (Å²) in [7, 11) is 2.14. The SMILES string of the molecule is CN1CCN(c2ccc(Nc3cccc(-c4nc5ccc(C(F)(F)F)cc5[nH]4)c3)cc2)CC1. The van der Waals surface area contributed by atoms with Crippen molar-refractivity contribution in [3.8, 4) is 11.4 Å². The molecule has 1 aliphatic rings. The first-order chi connectivity index (χ1) is 15.8. The van der Waals surface area contributed by atoms with Gasteiger partial charge in [-0.3, -0.25) is 0 Å². The number of nitrogens with zero attached hydrogens (tertiary/aromatic N) is 3. The average molecular weight is 451 g/mol. The predicted octanol–water partition coefficient (Wildman–Crippen LogP) is 5.74. The second-order valence-corrected chi connectivity index (χ2v) is 8.36. The third-order valence-electron chi connectivity index (χ3n) is 5.97. The minimum Gasteiger partial charge on any atom is -0.369 e. The van der Waals surface area contributed by atoms with Gasteiger partial charge in [-0.25, -0.2) is 4.98 Å². The molecule has 1 fully saturated rings. The van der Waals surface area contributed by atoms with Crippen molar-refractivity contribution in [1.29, 1.82) is 0 Å². The van der Waals surface area contributed by atoms with Crippen molar-refractivity contribution >= 4 is 28.1 Å². The first-order valence-electron chi connectivity index (χ1n) is 10.8. The molecule has 0 atom stereocenters. The summed E-state index contributed by atoms with van der Waals surface area (Å²) in [5, 5.41) is 3.40. The van der Waals surface area contributed by atoms with E-state index in [9.17, 15) is 13.2 Å². The Morgan fingerprint density at radius 2 is 1.64 bits per heavy atom. The summed E-state index contributed by atoms with van der Waals surface area (Å²) in [5.74, 6) is 0.526. The molecule has 1 aromatic heterocycles. The highest BCUT2D eigenvalue weighted by molar-refractivity contribution is 5.81. The number of nitrogens with one attached hydrogen (secondary N) is 2. The number of halogens is 3. The molecule has 2 heterocycles. The second-order valence-electron chi connectivity index (χ2n) is 8.36. The monoisotopic (exact) mass is 451 g/mol. The van der Waals surface area contributed by atoms with Crippen LogP contribution in [0.2, 0.25) is 0 Å². The van der Waals surface area contributed by atoms with E-state index in [-0.39, 0.29) is 0 Å². The first-order valence-corrected chi connectivity index (χ1v) is 10.8. The number of aromatic nitrogens is 2. The van der Waals surface area contributed by atoms with E-state index >= 15 is 0 Å². The van der Waals surface area contributed by atoms with Crippen molar-refractivity contribution in [2.75, 3.05) is 43.4 Å². The van der Waals surface area contributed by atoms with Crippen molar-refractivity contribution in [2.45, 2.75) is 6.18 Å². The lowest BCUT2D eigenvalue weighted by atomic mass is 10.1. The largest absolute Gasteiger partial charge is 0.416 e. The molecule has 8 heteroatoms. The van der Waals surface area contributed by atoms with Crippen LogP contribution in [-0.2, 0) is 6.18 Å². The van der Waals surface area contributed by atoms with E-state index in [1.807, 2.05) is 24.3 Å². The van der Waals surface area contributed by atoms with Crippen LogP contribution in [0.1, 0.15) is 5.56 Å². The molecule has 5 rings (SSSR count). The number of imidazole rings is 1. The number of benzene rings is 3. The van der Waals surface area contributed by atoms with Gasteiger partial charge < -0.3 is 20.1 Å². The van der Waals surface area contributed by atoms with Gasteiger partial charge in [0.2, 0.25) is 0 Å². The Hall–Kier alpha value is -3.52. The van der Waals surface area contributed by atoms with E-state index in [4.69, 9.17) is 0 Å². The maximum absolute atomic E-state index is 13.0. The van der Waals surface area contributed by atoms with Gasteiger partial charge >= 0.3 is 6.18 Å². The molecule has 0 radical (unpaired) electrons. The minimum absolute atomic E-state index is 0.359. The third kappa shape index (κ3) is 4.66. The summed E-state index contributed by atoms with van der Waals surface area (Å²) in [6.07, 6.45) is -4.39. The van der Waals surface area contributed by atoms with Gasteiger partial charge in [-0.1, -0.05) is 12.1 Å². The fraction of sp³-hybridized carbons (Fsp3) is 0.240. The molecule has 0 bridgehead atoms. The zero-order chi connectivity index (χ0) is 23.0. The number of hydrogen-bond donors (Lipinski definition) is 2. The summed E-state index contributed by atoms with van der Waals surface area (Å²) >= 11 is 0. The molecule has 0 unspecified atom stereocenters. The van der Waals surface area contributed by atoms with Gasteiger partial charge in [-0.15, -0.1) is 0 Å². The minimum atomic E-state index is -4.39. The average Bonchev–Trinajstić information content (AvgIpc) is 3.24. The third-order valence-corrected chi connectivity index (χ3v) is 5.97. The maximum Gasteiger partial charge on any atom is 0.416 e. The second kappa shape index (κ2) is 8.44. The number of alkyl halides is 3. The molecular weight excluding hydrogens is 427 g/mol. The van der Waals surface area contributed by atoms with Crippen LogP contribution in [0.4, 0.5) is 30.2 Å². The molecule has 0 aliphatic carbocycles. The summed E-state index contributed by atoms with van der Waals surface area (Å²) in [5.41, 5.74) is 4.00. The first kappa shape index (κ1) is 21.3. The fourth-order valence-electron chi connectivity index (χ4n) is 4.05. The Kier molecular flexibility index (Phi) is 5.46. The smallest absolute Gasteiger partial charge is 0.369 e. The Balaban J connectivity index is 1.33. The van der Waals surface area contributed by atoms with Crippen molar-refractivity contribution in [3.05, 3.63) is 72.3 Å². The van der Waals surface area contributed by atoms with E-state index in [2.05, 4.69) is 56.4 Å². The number of anilines is 3. The van der Waals surface area contributed by atoms with E-state index in [0.717, 1.165) is 55.2 Å². The van der Waals surface area contributed by atoms with Gasteiger partial charge in [0.1, 0.15) is 5.82 Å². The van der Waals surface area contributed by atoms with Crippen LogP contribution in [0, 0.1) is 0 Å². The molecule has 33 heavy (non-hydrogen) atoms. The van der Waals surface area contributed by atoms with Crippen molar-refractivity contribution < 1.29 is 13.2 Å². The van der Waals surface area contributed by atoms with E-state index in [0.29, 0.717) is 16.9 Å². The van der Waals surface area contributed by atoms with Crippen LogP contribution in [-0.4, -0.2) is 48.1 Å². The number of hydrogen-bond acceptors (Lipinski definition) is 4. The molecular formula is C25H24F3N5. The number of fused-ring (bicyclic) bond motifs is 1. The topological polar surface area (TPSA) is 47.2 Å². The number of piperazine rings is 1. The molecule has 0 amide bonds. The Morgan fingerprint density at radius 3 is 2.36 bits per heavy atom. The highest BCUT2D eigenvalue weighted by Gasteiger charge is 2.30. The van der Waals surface area contributed by atoms with Crippen molar-refractivity contribution in [3.63, 3.8) is 0 Å². The molecule has 1 saturated heterocycles. The quantitative estimate of drug-likeness (QED) is 0.415. The standard InChI is InChI=1S/C25H24F3N5/c1-32-11-13-33(14-12-32)21-8-6-19(7-9-21)29-20-4-2-3-17(15-20)24-30-22-10-5-18(25(26,27)28)16-23(22)31-24/h2-10,15-16,29H,11-14H2,1H3,(H,30,31). The maximum atomic E-state index is 13.0. The van der Waals surface area contributed by atoms with Crippen molar-refractivity contribution in [2.24, 2.45) is 0 Å². The van der Waals surface area contributed by atoms with Crippen LogP contribution in [0.25, 0.3) is 22.4 Å². The Labute approximate surface area is 189 Å². The van der Waals surface area contributed by atoms with Crippen LogP contribution < -0.4 is 10.2 Å². The summed E-state index contributed by atoms with van der Waals surface area (Å²) in [6.45, 7) is 4.17. The predicted molar refractivity (Wildman–Crippen MR) is 126 cm³/mol. The summed E-state index contributed by atoms with van der Waals surface area (Å²) in [4.78, 5) is 12.2. The number of H-pyrrole nitrogens is 1. The van der Waals surface area contributed by atoms with Crippen LogP contribution in [0.3, 0.4) is 0 Å². The van der Waals surface area contributed by atoms with Crippen LogP contribution in [0.15, 0.2) is 66.7 Å². The normalized spacial score (nSPS) is 15.2. The molecule has 0 saturated carbocycles. The molecule has 2 N–H and O–H groups in total. The fourth-order valence-corrected chi connectivity index (χ4v) is 4.05. The summed E-state index contributed by atoms with van der Waals surface area (Å²) in [6, 6.07) is 19.5. The van der Waals surface area contributed by atoms with Gasteiger partial charge in [0, 0.05) is 48.8 Å². The lowest BCUT2D eigenvalue weighted by Gasteiger charge is -2.34. The van der Waals surface area contributed by atoms with Crippen LogP contribution in [0.5, 0.6) is 0 Å². The highest BCUT2D eigenvalue weighted by atomic mass is 19.4. The highest BCUT2D eigenvalue weighted by Crippen LogP contribution is 2.32. The van der Waals surface area contributed by atoms with Gasteiger partial charge in [0.25, 0.3) is 0 Å². The molecule has 3 aromatic carbocycles. The number of likely N-dealkylation sites (N-methyl/N-ethyl adjacent to an activating group) is 1. The van der Waals surface area contributed by atoms with Gasteiger partial charge in [-0.2, -0.15) is 13.2 Å². The lowest BCUT2D eigenvalue weighted by molar-refractivity contribution is -0.137. The Morgan fingerprint density at radius 1 is 0.879 bits per heavy atom. The zero-order valence-corrected chi connectivity index (χ0v) is 18.2. The van der Waals surface area contributed by atoms with E-state index in [1.165, 1.54) is 11.8 Å². The number of rotatable bonds is 4. The van der Waals surface area contributed by atoms with Crippen molar-refractivity contribution in [1.82, 2.24) is 14.9 Å². The lowest BCUT2D eigenvalue weighted by Crippen LogP contribution is -2.44. The molecule has 170 valence electrons. The summed E-state index contributed by atoms with van der Waals surface area (Å²) < 4.78 is 39.0. The van der Waals surface area contributed by atoms with Crippen LogP contribution >= 0.6 is 0 Å². The van der Waals surface area contributed by atoms with E-state index < -0.39 is 11.7 Å². The molecule has 0 spiro atoms.